The van der Waals surface area contributed by atoms with Gasteiger partial charge in [-0.3, -0.25) is 9.89 Å². The van der Waals surface area contributed by atoms with Crippen LogP contribution in [0.25, 0.3) is 11.0 Å². The minimum absolute atomic E-state index is 0.0831. The molecule has 5 rings (SSSR count). The standard InChI is InChI=1S/C24H27F2N9O2/c1-14(23(2,25)26)29-20(36)19-30-21(32-22(31-19)37-13-24(12-27)7-8-24)35-10-5-15(6-11-35)17-16-4-3-9-28-18(16)34-33-17/h3-4,9,14-15H,5-8,10-11,13H2,1-2H3,(H,29,36)(H,28,33,34). The first-order valence-corrected chi connectivity index (χ1v) is 12.2. The Bertz CT molecular complexity index is 1340. The first kappa shape index (κ1) is 24.7. The molecule has 1 atom stereocenters. The van der Waals surface area contributed by atoms with Crippen molar-refractivity contribution in [1.82, 2.24) is 35.5 Å². The van der Waals surface area contributed by atoms with Gasteiger partial charge in [0, 0.05) is 37.5 Å². The SMILES string of the molecule is CC(NC(=O)c1nc(OCC2(C#N)CC2)nc(N2CCC(c3n[nH]c4ncccc34)CC2)n1)C(C)(F)F. The molecule has 1 saturated heterocycles. The predicted octanol–water partition coefficient (Wildman–Crippen LogP) is 2.98. The van der Waals surface area contributed by atoms with Gasteiger partial charge in [0.2, 0.25) is 11.8 Å². The monoisotopic (exact) mass is 511 g/mol. The minimum atomic E-state index is -3.12. The summed E-state index contributed by atoms with van der Waals surface area (Å²) in [6.45, 7) is 3.18. The molecule has 1 aliphatic carbocycles. The molecule has 11 nitrogen and oxygen atoms in total. The Hall–Kier alpha value is -3.95. The van der Waals surface area contributed by atoms with Crippen LogP contribution in [0.3, 0.4) is 0 Å². The van der Waals surface area contributed by atoms with E-state index in [1.54, 1.807) is 6.20 Å². The average molecular weight is 512 g/mol. The van der Waals surface area contributed by atoms with Gasteiger partial charge in [-0.2, -0.15) is 25.3 Å². The maximum Gasteiger partial charge on any atom is 0.322 e. The molecule has 3 aromatic heterocycles. The molecule has 1 aliphatic heterocycles. The third-order valence-corrected chi connectivity index (χ3v) is 7.01. The van der Waals surface area contributed by atoms with Crippen molar-refractivity contribution in [2.24, 2.45) is 5.41 Å². The fraction of sp³-hybridized carbons (Fsp3) is 0.542. The highest BCUT2D eigenvalue weighted by molar-refractivity contribution is 5.91. The molecule has 2 N–H and O–H groups in total. The van der Waals surface area contributed by atoms with Crippen LogP contribution in [-0.2, 0) is 0 Å². The van der Waals surface area contributed by atoms with Crippen molar-refractivity contribution in [2.75, 3.05) is 24.6 Å². The van der Waals surface area contributed by atoms with Gasteiger partial charge in [-0.15, -0.1) is 0 Å². The largest absolute Gasteiger partial charge is 0.462 e. The number of carbonyl (C=O) groups excluding carboxylic acids is 1. The van der Waals surface area contributed by atoms with Crippen molar-refractivity contribution in [3.8, 4) is 12.1 Å². The van der Waals surface area contributed by atoms with Gasteiger partial charge >= 0.3 is 6.01 Å². The predicted molar refractivity (Wildman–Crippen MR) is 128 cm³/mol. The van der Waals surface area contributed by atoms with Crippen molar-refractivity contribution >= 4 is 22.9 Å². The molecular weight excluding hydrogens is 484 g/mol. The summed E-state index contributed by atoms with van der Waals surface area (Å²) in [5.74, 6) is -3.87. The third-order valence-electron chi connectivity index (χ3n) is 7.01. The normalized spacial score (nSPS) is 18.3. The first-order chi connectivity index (χ1) is 17.7. The molecule has 2 fully saturated rings. The van der Waals surface area contributed by atoms with Gasteiger partial charge in [-0.1, -0.05) is 0 Å². The second-order valence-electron chi connectivity index (χ2n) is 9.84. The highest BCUT2D eigenvalue weighted by atomic mass is 19.3. The summed E-state index contributed by atoms with van der Waals surface area (Å²) in [6.07, 6.45) is 4.65. The number of nitriles is 1. The molecule has 0 spiro atoms. The number of halogens is 2. The van der Waals surface area contributed by atoms with Gasteiger partial charge in [0.25, 0.3) is 11.8 Å². The molecule has 1 saturated carbocycles. The average Bonchev–Trinajstić information content (AvgIpc) is 3.56. The number of carbonyl (C=O) groups is 1. The number of H-pyrrole nitrogens is 1. The maximum absolute atomic E-state index is 13.6. The van der Waals surface area contributed by atoms with E-state index < -0.39 is 23.3 Å². The van der Waals surface area contributed by atoms with E-state index >= 15 is 0 Å². The number of aromatic nitrogens is 6. The zero-order chi connectivity index (χ0) is 26.2. The second kappa shape index (κ2) is 9.49. The molecule has 1 unspecified atom stereocenters. The van der Waals surface area contributed by atoms with E-state index in [1.807, 2.05) is 17.0 Å². The van der Waals surface area contributed by atoms with Gasteiger partial charge in [-0.25, -0.2) is 13.8 Å². The fourth-order valence-corrected chi connectivity index (χ4v) is 4.22. The van der Waals surface area contributed by atoms with E-state index in [2.05, 4.69) is 41.5 Å². The Labute approximate surface area is 211 Å². The zero-order valence-corrected chi connectivity index (χ0v) is 20.5. The summed E-state index contributed by atoms with van der Waals surface area (Å²) in [5, 5.41) is 20.0. The Kier molecular flexibility index (Phi) is 6.35. The topological polar surface area (TPSA) is 146 Å². The number of nitrogens with one attached hydrogen (secondary N) is 2. The molecule has 0 radical (unpaired) electrons. The Morgan fingerprint density at radius 1 is 1.35 bits per heavy atom. The summed E-state index contributed by atoms with van der Waals surface area (Å²) in [7, 11) is 0. The van der Waals surface area contributed by atoms with E-state index in [9.17, 15) is 18.8 Å². The number of piperidine rings is 1. The number of hydrogen-bond acceptors (Lipinski definition) is 9. The highest BCUT2D eigenvalue weighted by Crippen LogP contribution is 2.45. The molecule has 4 heterocycles. The van der Waals surface area contributed by atoms with Gasteiger partial charge in [0.1, 0.15) is 6.61 Å². The number of anilines is 1. The smallest absolute Gasteiger partial charge is 0.322 e. The summed E-state index contributed by atoms with van der Waals surface area (Å²) < 4.78 is 33.0. The van der Waals surface area contributed by atoms with Crippen molar-refractivity contribution in [2.45, 2.75) is 57.4 Å². The molecule has 0 bridgehead atoms. The lowest BCUT2D eigenvalue weighted by molar-refractivity contribution is -0.0109. The molecular formula is C24H27F2N9O2. The van der Waals surface area contributed by atoms with Crippen molar-refractivity contribution < 1.29 is 18.3 Å². The third kappa shape index (κ3) is 5.28. The first-order valence-electron chi connectivity index (χ1n) is 12.2. The maximum atomic E-state index is 13.6. The van der Waals surface area contributed by atoms with Gasteiger partial charge in [-0.05, 0) is 44.7 Å². The lowest BCUT2D eigenvalue weighted by Gasteiger charge is -2.31. The van der Waals surface area contributed by atoms with E-state index in [4.69, 9.17) is 4.74 Å². The van der Waals surface area contributed by atoms with E-state index in [-0.39, 0.29) is 30.3 Å². The van der Waals surface area contributed by atoms with E-state index in [0.29, 0.717) is 25.9 Å². The summed E-state index contributed by atoms with van der Waals surface area (Å²) in [4.78, 5) is 31.7. The van der Waals surface area contributed by atoms with Crippen molar-refractivity contribution in [1.29, 1.82) is 5.26 Å². The second-order valence-corrected chi connectivity index (χ2v) is 9.84. The molecule has 3 aromatic rings. The van der Waals surface area contributed by atoms with Crippen LogP contribution in [0.5, 0.6) is 6.01 Å². The van der Waals surface area contributed by atoms with Gasteiger partial charge in [0.05, 0.1) is 23.2 Å². The van der Waals surface area contributed by atoms with Crippen LogP contribution < -0.4 is 15.0 Å². The van der Waals surface area contributed by atoms with Crippen LogP contribution in [0.4, 0.5) is 14.7 Å². The van der Waals surface area contributed by atoms with Crippen LogP contribution >= 0.6 is 0 Å². The van der Waals surface area contributed by atoms with Crippen molar-refractivity contribution in [3.63, 3.8) is 0 Å². The molecule has 13 heteroatoms. The van der Waals surface area contributed by atoms with Crippen LogP contribution in [0, 0.1) is 16.7 Å². The molecule has 37 heavy (non-hydrogen) atoms. The molecule has 2 aliphatic rings. The van der Waals surface area contributed by atoms with Gasteiger partial charge in [0.15, 0.2) is 5.65 Å². The Morgan fingerprint density at radius 3 is 2.78 bits per heavy atom. The highest BCUT2D eigenvalue weighted by Gasteiger charge is 2.44. The number of amides is 1. The number of pyridine rings is 1. The summed E-state index contributed by atoms with van der Waals surface area (Å²) in [5.41, 5.74) is 1.13. The van der Waals surface area contributed by atoms with Crippen molar-refractivity contribution in [3.05, 3.63) is 29.8 Å². The zero-order valence-electron chi connectivity index (χ0n) is 20.5. The Morgan fingerprint density at radius 2 is 2.11 bits per heavy atom. The van der Waals surface area contributed by atoms with E-state index in [1.165, 1.54) is 6.92 Å². The quantitative estimate of drug-likeness (QED) is 0.466. The molecule has 0 aromatic carbocycles. The van der Waals surface area contributed by atoms with Crippen LogP contribution in [0.1, 0.15) is 61.8 Å². The van der Waals surface area contributed by atoms with Crippen LogP contribution in [-0.4, -0.2) is 67.7 Å². The summed E-state index contributed by atoms with van der Waals surface area (Å²) >= 11 is 0. The minimum Gasteiger partial charge on any atom is -0.462 e. The number of fused-ring (bicyclic) bond motifs is 1. The number of ether oxygens (including phenoxy) is 1. The number of aromatic amines is 1. The lowest BCUT2D eigenvalue weighted by atomic mass is 9.92. The number of alkyl halides is 2. The number of nitrogens with zero attached hydrogens (tertiary/aromatic N) is 7. The number of hydrogen-bond donors (Lipinski definition) is 2. The Balaban J connectivity index is 1.34. The van der Waals surface area contributed by atoms with Crippen LogP contribution in [0.2, 0.25) is 0 Å². The molecule has 194 valence electrons. The lowest BCUT2D eigenvalue weighted by Crippen LogP contribution is -2.44. The summed E-state index contributed by atoms with van der Waals surface area (Å²) in [6, 6.07) is 4.56. The molecule has 1 amide bonds. The fourth-order valence-electron chi connectivity index (χ4n) is 4.22. The number of rotatable bonds is 8. The van der Waals surface area contributed by atoms with Crippen LogP contribution in [0.15, 0.2) is 18.3 Å². The van der Waals surface area contributed by atoms with Gasteiger partial charge < -0.3 is 15.0 Å². The van der Waals surface area contributed by atoms with E-state index in [0.717, 1.165) is 36.5 Å².